The molecule has 0 bridgehead atoms. The molecule has 1 unspecified atom stereocenters. The number of rotatable bonds is 7. The highest BCUT2D eigenvalue weighted by atomic mass is 19.1. The van der Waals surface area contributed by atoms with Gasteiger partial charge >= 0.3 is 0 Å². The number of aryl methyl sites for hydroxylation is 1. The second-order valence-corrected chi connectivity index (χ2v) is 6.27. The first-order valence-corrected chi connectivity index (χ1v) is 8.02. The number of hydrogen-bond donors (Lipinski definition) is 1. The van der Waals surface area contributed by atoms with Crippen LogP contribution in [0.4, 0.5) is 4.39 Å². The molecule has 2 rings (SSSR count). The third-order valence-corrected chi connectivity index (χ3v) is 4.52. The van der Waals surface area contributed by atoms with E-state index in [0.717, 1.165) is 29.9 Å². The minimum atomic E-state index is -0.609. The zero-order valence-electron chi connectivity index (χ0n) is 13.6. The Morgan fingerprint density at radius 2 is 2.18 bits per heavy atom. The van der Waals surface area contributed by atoms with E-state index in [4.69, 9.17) is 5.73 Å². The summed E-state index contributed by atoms with van der Waals surface area (Å²) in [6.07, 6.45) is 12.4. The van der Waals surface area contributed by atoms with Gasteiger partial charge in [-0.3, -0.25) is 0 Å². The van der Waals surface area contributed by atoms with E-state index >= 15 is 0 Å². The minimum Gasteiger partial charge on any atom is -0.318 e. The van der Waals surface area contributed by atoms with E-state index in [-0.39, 0.29) is 5.82 Å². The van der Waals surface area contributed by atoms with Gasteiger partial charge in [0.1, 0.15) is 5.82 Å². The normalized spacial score (nSPS) is 18.5. The van der Waals surface area contributed by atoms with Crippen molar-refractivity contribution in [2.24, 2.45) is 11.7 Å². The van der Waals surface area contributed by atoms with Crippen LogP contribution >= 0.6 is 0 Å². The van der Waals surface area contributed by atoms with Gasteiger partial charge in [0.2, 0.25) is 0 Å². The van der Waals surface area contributed by atoms with Crippen molar-refractivity contribution < 1.29 is 4.39 Å². The second-order valence-electron chi connectivity index (χ2n) is 6.27. The Morgan fingerprint density at radius 1 is 1.45 bits per heavy atom. The van der Waals surface area contributed by atoms with Crippen LogP contribution in [0.5, 0.6) is 0 Å². The summed E-state index contributed by atoms with van der Waals surface area (Å²) in [5.41, 5.74) is 8.78. The molecule has 1 aliphatic carbocycles. The molecule has 118 valence electrons. The summed E-state index contributed by atoms with van der Waals surface area (Å²) in [7, 11) is 0. The monoisotopic (exact) mass is 299 g/mol. The standard InChI is InChI=1S/C20H26FN/c1-4-6-7-17(5-2)20(22,13-12-16-8-9-16)18-10-11-19(21)15(3)14-18/h4-7,10-11,14,16H,2,8-9,12-13,22H2,1,3H3/b6-4-,17-7+. The summed E-state index contributed by atoms with van der Waals surface area (Å²) in [5, 5.41) is 0. The predicted octanol–water partition coefficient (Wildman–Crippen LogP) is 5.17. The zero-order valence-corrected chi connectivity index (χ0v) is 13.6. The Balaban J connectivity index is 2.41. The molecule has 22 heavy (non-hydrogen) atoms. The molecule has 1 aromatic rings. The van der Waals surface area contributed by atoms with Crippen LogP contribution in [0, 0.1) is 18.7 Å². The SMILES string of the molecule is C=C/C(=C\C=C/C)C(N)(CCC1CC1)c1ccc(F)c(C)c1. The molecule has 2 N–H and O–H groups in total. The first-order valence-electron chi connectivity index (χ1n) is 8.02. The average Bonchev–Trinajstić information content (AvgIpc) is 3.33. The van der Waals surface area contributed by atoms with Crippen LogP contribution in [0.3, 0.4) is 0 Å². The number of halogens is 1. The molecule has 0 radical (unpaired) electrons. The summed E-state index contributed by atoms with van der Waals surface area (Å²) in [4.78, 5) is 0. The van der Waals surface area contributed by atoms with Crippen molar-refractivity contribution >= 4 is 0 Å². The fraction of sp³-hybridized carbons (Fsp3) is 0.400. The Labute approximate surface area is 133 Å². The van der Waals surface area contributed by atoms with E-state index < -0.39 is 5.54 Å². The fourth-order valence-corrected chi connectivity index (χ4v) is 2.81. The smallest absolute Gasteiger partial charge is 0.126 e. The number of nitrogens with two attached hydrogens (primary N) is 1. The van der Waals surface area contributed by atoms with Crippen molar-refractivity contribution in [1.82, 2.24) is 0 Å². The number of hydrogen-bond acceptors (Lipinski definition) is 1. The highest BCUT2D eigenvalue weighted by Gasteiger charge is 2.33. The van der Waals surface area contributed by atoms with E-state index in [1.165, 1.54) is 18.9 Å². The van der Waals surface area contributed by atoms with Crippen LogP contribution in [0.25, 0.3) is 0 Å². The molecule has 1 fully saturated rings. The predicted molar refractivity (Wildman–Crippen MR) is 92.1 cm³/mol. The molecule has 0 aliphatic heterocycles. The molecule has 0 spiro atoms. The van der Waals surface area contributed by atoms with Gasteiger partial charge in [0.25, 0.3) is 0 Å². The van der Waals surface area contributed by atoms with Crippen molar-refractivity contribution in [1.29, 1.82) is 0 Å². The molecule has 0 heterocycles. The van der Waals surface area contributed by atoms with Crippen LogP contribution in [0.2, 0.25) is 0 Å². The van der Waals surface area contributed by atoms with Gasteiger partial charge in [-0.05, 0) is 55.4 Å². The lowest BCUT2D eigenvalue weighted by atomic mass is 9.78. The number of benzene rings is 1. The summed E-state index contributed by atoms with van der Waals surface area (Å²) in [6.45, 7) is 7.69. The van der Waals surface area contributed by atoms with Gasteiger partial charge in [-0.15, -0.1) is 0 Å². The Bertz CT molecular complexity index is 596. The van der Waals surface area contributed by atoms with E-state index in [9.17, 15) is 4.39 Å². The van der Waals surface area contributed by atoms with Gasteiger partial charge in [0.15, 0.2) is 0 Å². The van der Waals surface area contributed by atoms with Gasteiger partial charge < -0.3 is 5.73 Å². The van der Waals surface area contributed by atoms with Crippen LogP contribution in [0.1, 0.15) is 43.7 Å². The van der Waals surface area contributed by atoms with Crippen molar-refractivity contribution in [3.8, 4) is 0 Å². The maximum Gasteiger partial charge on any atom is 0.126 e. The summed E-state index contributed by atoms with van der Waals surface area (Å²) < 4.78 is 13.6. The van der Waals surface area contributed by atoms with E-state index in [1.807, 2.05) is 43.4 Å². The lowest BCUT2D eigenvalue weighted by Gasteiger charge is -2.32. The molecule has 1 atom stereocenters. The Hall–Kier alpha value is -1.67. The molecule has 2 heteroatoms. The highest BCUT2D eigenvalue weighted by Crippen LogP contribution is 2.40. The third kappa shape index (κ3) is 3.75. The third-order valence-electron chi connectivity index (χ3n) is 4.52. The molecule has 1 saturated carbocycles. The molecular formula is C20H26FN. The minimum absolute atomic E-state index is 0.189. The number of allylic oxidation sites excluding steroid dienone is 3. The Kier molecular flexibility index (Phi) is 5.36. The molecular weight excluding hydrogens is 273 g/mol. The second kappa shape index (κ2) is 7.06. The Morgan fingerprint density at radius 3 is 2.73 bits per heavy atom. The highest BCUT2D eigenvalue weighted by molar-refractivity contribution is 5.43. The van der Waals surface area contributed by atoms with Crippen molar-refractivity contribution in [2.45, 2.75) is 45.1 Å². The maximum atomic E-state index is 13.6. The topological polar surface area (TPSA) is 26.0 Å². The first-order chi connectivity index (χ1) is 10.5. The molecule has 1 aliphatic rings. The molecule has 1 nitrogen and oxygen atoms in total. The average molecular weight is 299 g/mol. The van der Waals surface area contributed by atoms with Gasteiger partial charge in [-0.2, -0.15) is 0 Å². The molecule has 0 saturated heterocycles. The molecule has 0 amide bonds. The maximum absolute atomic E-state index is 13.6. The molecule has 1 aromatic carbocycles. The van der Waals surface area contributed by atoms with Gasteiger partial charge in [0.05, 0.1) is 5.54 Å². The lowest BCUT2D eigenvalue weighted by molar-refractivity contribution is 0.453. The van der Waals surface area contributed by atoms with Crippen LogP contribution in [-0.4, -0.2) is 0 Å². The van der Waals surface area contributed by atoms with Crippen LogP contribution < -0.4 is 5.73 Å². The first kappa shape index (κ1) is 16.7. The summed E-state index contributed by atoms with van der Waals surface area (Å²) in [6, 6.07) is 5.19. The van der Waals surface area contributed by atoms with Gasteiger partial charge in [-0.1, -0.05) is 55.9 Å². The van der Waals surface area contributed by atoms with E-state index in [1.54, 1.807) is 6.92 Å². The quantitative estimate of drug-likeness (QED) is 0.691. The van der Waals surface area contributed by atoms with E-state index in [2.05, 4.69) is 6.58 Å². The largest absolute Gasteiger partial charge is 0.318 e. The van der Waals surface area contributed by atoms with Crippen LogP contribution in [-0.2, 0) is 5.54 Å². The fourth-order valence-electron chi connectivity index (χ4n) is 2.81. The van der Waals surface area contributed by atoms with Gasteiger partial charge in [-0.25, -0.2) is 4.39 Å². The summed E-state index contributed by atoms with van der Waals surface area (Å²) >= 11 is 0. The van der Waals surface area contributed by atoms with Crippen molar-refractivity contribution in [3.63, 3.8) is 0 Å². The van der Waals surface area contributed by atoms with Crippen molar-refractivity contribution in [2.75, 3.05) is 0 Å². The van der Waals surface area contributed by atoms with Crippen molar-refractivity contribution in [3.05, 3.63) is 71.6 Å². The molecule has 0 aromatic heterocycles. The lowest BCUT2D eigenvalue weighted by Crippen LogP contribution is -2.38. The zero-order chi connectivity index (χ0) is 16.2. The van der Waals surface area contributed by atoms with Gasteiger partial charge in [0, 0.05) is 0 Å². The van der Waals surface area contributed by atoms with E-state index in [0.29, 0.717) is 5.56 Å². The van der Waals surface area contributed by atoms with Crippen LogP contribution in [0.15, 0.2) is 54.7 Å². The summed E-state index contributed by atoms with van der Waals surface area (Å²) in [5.74, 6) is 0.614.